The Hall–Kier alpha value is -1.97. The predicted octanol–water partition coefficient (Wildman–Crippen LogP) is 2.81. The fraction of sp³-hybridized carbons (Fsp3) is 0.308. The van der Waals surface area contributed by atoms with E-state index in [1.165, 1.54) is 0 Å². The van der Waals surface area contributed by atoms with Crippen LogP contribution in [-0.2, 0) is 0 Å². The van der Waals surface area contributed by atoms with Crippen molar-refractivity contribution in [2.75, 3.05) is 12.8 Å². The summed E-state index contributed by atoms with van der Waals surface area (Å²) in [4.78, 5) is 0. The zero-order valence-corrected chi connectivity index (χ0v) is 9.64. The third-order valence-electron chi connectivity index (χ3n) is 3.07. The number of anilines is 1. The minimum Gasteiger partial charge on any atom is -0.497 e. The molecule has 88 valence electrons. The topological polar surface area (TPSA) is 61.3 Å². The second kappa shape index (κ2) is 3.80. The van der Waals surface area contributed by atoms with Crippen LogP contribution in [0.15, 0.2) is 28.8 Å². The monoisotopic (exact) mass is 230 g/mol. The second-order valence-electron chi connectivity index (χ2n) is 4.31. The van der Waals surface area contributed by atoms with E-state index in [9.17, 15) is 0 Å². The maximum absolute atomic E-state index is 5.87. The van der Waals surface area contributed by atoms with Crippen molar-refractivity contribution >= 4 is 5.82 Å². The highest BCUT2D eigenvalue weighted by Crippen LogP contribution is 2.46. The van der Waals surface area contributed by atoms with Crippen LogP contribution in [0.25, 0.3) is 11.1 Å². The van der Waals surface area contributed by atoms with Gasteiger partial charge < -0.3 is 15.0 Å². The molecule has 2 N–H and O–H groups in total. The molecule has 1 aliphatic rings. The van der Waals surface area contributed by atoms with Crippen LogP contribution in [0.2, 0.25) is 0 Å². The zero-order valence-electron chi connectivity index (χ0n) is 9.64. The molecule has 0 bridgehead atoms. The molecule has 0 aliphatic heterocycles. The van der Waals surface area contributed by atoms with Gasteiger partial charge in [-0.1, -0.05) is 17.3 Å². The number of hydrogen-bond acceptors (Lipinski definition) is 4. The van der Waals surface area contributed by atoms with Gasteiger partial charge in [0.2, 0.25) is 0 Å². The second-order valence-corrected chi connectivity index (χ2v) is 4.31. The molecule has 1 aliphatic carbocycles. The quantitative estimate of drug-likeness (QED) is 0.880. The molecule has 1 aromatic heterocycles. The van der Waals surface area contributed by atoms with E-state index < -0.39 is 0 Å². The molecule has 1 heterocycles. The lowest BCUT2D eigenvalue weighted by atomic mass is 10.0. The van der Waals surface area contributed by atoms with E-state index in [0.29, 0.717) is 11.7 Å². The van der Waals surface area contributed by atoms with Gasteiger partial charge in [0.1, 0.15) is 11.5 Å². The molecule has 0 radical (unpaired) electrons. The molecule has 3 rings (SSSR count). The third kappa shape index (κ3) is 1.75. The van der Waals surface area contributed by atoms with Crippen molar-refractivity contribution in [3.63, 3.8) is 0 Å². The van der Waals surface area contributed by atoms with Gasteiger partial charge >= 0.3 is 0 Å². The van der Waals surface area contributed by atoms with Crippen LogP contribution in [0.3, 0.4) is 0 Å². The van der Waals surface area contributed by atoms with Gasteiger partial charge in [0.25, 0.3) is 0 Å². The molecule has 17 heavy (non-hydrogen) atoms. The Kier molecular flexibility index (Phi) is 2.28. The molecule has 0 unspecified atom stereocenters. The van der Waals surface area contributed by atoms with Crippen molar-refractivity contribution in [3.8, 4) is 16.9 Å². The van der Waals surface area contributed by atoms with E-state index in [1.54, 1.807) is 7.11 Å². The van der Waals surface area contributed by atoms with Crippen molar-refractivity contribution in [3.05, 3.63) is 30.0 Å². The first-order chi connectivity index (χ1) is 8.29. The smallest absolute Gasteiger partial charge is 0.175 e. The fourth-order valence-electron chi connectivity index (χ4n) is 1.99. The normalized spacial score (nSPS) is 14.9. The van der Waals surface area contributed by atoms with E-state index in [-0.39, 0.29) is 0 Å². The molecule has 1 aromatic carbocycles. The van der Waals surface area contributed by atoms with Crippen LogP contribution < -0.4 is 10.5 Å². The predicted molar refractivity (Wildman–Crippen MR) is 64.9 cm³/mol. The Bertz CT molecular complexity index is 527. The van der Waals surface area contributed by atoms with E-state index >= 15 is 0 Å². The van der Waals surface area contributed by atoms with Crippen molar-refractivity contribution in [2.45, 2.75) is 18.8 Å². The van der Waals surface area contributed by atoms with Crippen molar-refractivity contribution in [1.29, 1.82) is 0 Å². The Balaban J connectivity index is 2.04. The van der Waals surface area contributed by atoms with Crippen LogP contribution in [0.5, 0.6) is 5.75 Å². The third-order valence-corrected chi connectivity index (χ3v) is 3.07. The average molecular weight is 230 g/mol. The number of methoxy groups -OCH3 is 1. The summed E-state index contributed by atoms with van der Waals surface area (Å²) >= 11 is 0. The van der Waals surface area contributed by atoms with Crippen molar-refractivity contribution in [1.82, 2.24) is 5.16 Å². The Morgan fingerprint density at radius 3 is 2.59 bits per heavy atom. The number of nitrogen functional groups attached to an aromatic ring is 1. The summed E-state index contributed by atoms with van der Waals surface area (Å²) in [5.74, 6) is 2.72. The molecular formula is C13H14N2O2. The lowest BCUT2D eigenvalue weighted by molar-refractivity contribution is 0.387. The van der Waals surface area contributed by atoms with E-state index in [1.807, 2.05) is 24.3 Å². The maximum Gasteiger partial charge on any atom is 0.175 e. The standard InChI is InChI=1S/C13H14N2O2/c1-16-10-6-4-8(5-7-10)11-12(9-2-3-9)17-15-13(11)14/h4-7,9H,2-3H2,1H3,(H2,14,15). The van der Waals surface area contributed by atoms with Gasteiger partial charge in [-0.2, -0.15) is 0 Å². The zero-order chi connectivity index (χ0) is 11.8. The lowest BCUT2D eigenvalue weighted by Gasteiger charge is -2.03. The summed E-state index contributed by atoms with van der Waals surface area (Å²) in [7, 11) is 1.65. The first kappa shape index (κ1) is 10.2. The van der Waals surface area contributed by atoms with E-state index in [0.717, 1.165) is 35.5 Å². The molecular weight excluding hydrogens is 216 g/mol. The first-order valence-corrected chi connectivity index (χ1v) is 5.69. The summed E-state index contributed by atoms with van der Waals surface area (Å²) in [5, 5.41) is 3.87. The molecule has 0 spiro atoms. The Morgan fingerprint density at radius 1 is 1.29 bits per heavy atom. The molecule has 0 atom stereocenters. The van der Waals surface area contributed by atoms with Crippen molar-refractivity contribution in [2.24, 2.45) is 0 Å². The Labute approximate surface area is 99.4 Å². The molecule has 1 fully saturated rings. The SMILES string of the molecule is COc1ccc(-c2c(N)noc2C2CC2)cc1. The summed E-state index contributed by atoms with van der Waals surface area (Å²) < 4.78 is 10.5. The highest BCUT2D eigenvalue weighted by Gasteiger charge is 2.32. The van der Waals surface area contributed by atoms with Gasteiger partial charge in [-0.15, -0.1) is 0 Å². The first-order valence-electron chi connectivity index (χ1n) is 5.69. The van der Waals surface area contributed by atoms with Gasteiger partial charge in [0, 0.05) is 5.92 Å². The summed E-state index contributed by atoms with van der Waals surface area (Å²) in [6.07, 6.45) is 2.33. The molecule has 2 aromatic rings. The average Bonchev–Trinajstić information content (AvgIpc) is 3.13. The van der Waals surface area contributed by atoms with Crippen LogP contribution in [0.1, 0.15) is 24.5 Å². The largest absolute Gasteiger partial charge is 0.497 e. The molecule has 0 amide bonds. The minimum absolute atomic E-state index is 0.470. The highest BCUT2D eigenvalue weighted by atomic mass is 16.5. The molecule has 1 saturated carbocycles. The van der Waals surface area contributed by atoms with Crippen molar-refractivity contribution < 1.29 is 9.26 Å². The number of rotatable bonds is 3. The fourth-order valence-corrected chi connectivity index (χ4v) is 1.99. The van der Waals surface area contributed by atoms with Gasteiger partial charge in [-0.3, -0.25) is 0 Å². The van der Waals surface area contributed by atoms with Gasteiger partial charge in [0.15, 0.2) is 5.82 Å². The summed E-state index contributed by atoms with van der Waals surface area (Å²) in [6.45, 7) is 0. The highest BCUT2D eigenvalue weighted by molar-refractivity contribution is 5.76. The van der Waals surface area contributed by atoms with Gasteiger partial charge in [0.05, 0.1) is 12.7 Å². The molecule has 4 heteroatoms. The summed E-state index contributed by atoms with van der Waals surface area (Å²) in [5.41, 5.74) is 7.85. The number of nitrogens with two attached hydrogens (primary N) is 1. The molecule has 4 nitrogen and oxygen atoms in total. The number of ether oxygens (including phenoxy) is 1. The number of nitrogens with zero attached hydrogens (tertiary/aromatic N) is 1. The van der Waals surface area contributed by atoms with E-state index in [4.69, 9.17) is 15.0 Å². The van der Waals surface area contributed by atoms with Gasteiger partial charge in [-0.05, 0) is 30.5 Å². The van der Waals surface area contributed by atoms with Gasteiger partial charge in [-0.25, -0.2) is 0 Å². The van der Waals surface area contributed by atoms with Crippen LogP contribution in [-0.4, -0.2) is 12.3 Å². The summed E-state index contributed by atoms with van der Waals surface area (Å²) in [6, 6.07) is 7.79. The number of aromatic nitrogens is 1. The number of hydrogen-bond donors (Lipinski definition) is 1. The van der Waals surface area contributed by atoms with Crippen LogP contribution >= 0.6 is 0 Å². The Morgan fingerprint density at radius 2 is 2.00 bits per heavy atom. The van der Waals surface area contributed by atoms with Crippen LogP contribution in [0, 0.1) is 0 Å². The van der Waals surface area contributed by atoms with E-state index in [2.05, 4.69) is 5.16 Å². The maximum atomic E-state index is 5.87. The van der Waals surface area contributed by atoms with Crippen LogP contribution in [0.4, 0.5) is 5.82 Å². The number of benzene rings is 1. The minimum atomic E-state index is 0.470. The molecule has 0 saturated heterocycles. The lowest BCUT2D eigenvalue weighted by Crippen LogP contribution is -1.90.